The first kappa shape index (κ1) is 21.6. The van der Waals surface area contributed by atoms with E-state index in [0.29, 0.717) is 0 Å². The summed E-state index contributed by atoms with van der Waals surface area (Å²) in [5.74, 6) is 2.13. The van der Waals surface area contributed by atoms with Crippen molar-refractivity contribution in [2.75, 3.05) is 46.2 Å². The van der Waals surface area contributed by atoms with Crippen molar-refractivity contribution in [2.45, 2.75) is 32.2 Å². The van der Waals surface area contributed by atoms with Gasteiger partial charge in [-0.2, -0.15) is 11.8 Å². The molecule has 0 atom stereocenters. The van der Waals surface area contributed by atoms with Crippen LogP contribution in [0.4, 0.5) is 0 Å². The van der Waals surface area contributed by atoms with Crippen molar-refractivity contribution >= 4 is 41.7 Å². The lowest BCUT2D eigenvalue weighted by Crippen LogP contribution is -2.50. The molecular formula is C13H31IN4S. The average molecular weight is 402 g/mol. The molecule has 0 amide bonds. The summed E-state index contributed by atoms with van der Waals surface area (Å²) in [5.41, 5.74) is 0.121. The molecule has 0 aliphatic carbocycles. The second kappa shape index (κ2) is 12.1. The number of unbranched alkanes of at least 4 members (excludes halogenated alkanes) is 1. The summed E-state index contributed by atoms with van der Waals surface area (Å²) in [6, 6.07) is 0. The molecule has 2 N–H and O–H groups in total. The van der Waals surface area contributed by atoms with Crippen LogP contribution in [0, 0.1) is 0 Å². The van der Waals surface area contributed by atoms with E-state index in [2.05, 4.69) is 54.7 Å². The van der Waals surface area contributed by atoms with Crippen LogP contribution in [0.2, 0.25) is 0 Å². The van der Waals surface area contributed by atoms with E-state index in [1.54, 1.807) is 0 Å². The molecule has 0 saturated carbocycles. The van der Waals surface area contributed by atoms with Gasteiger partial charge in [-0.3, -0.25) is 4.99 Å². The van der Waals surface area contributed by atoms with Crippen LogP contribution in [0.15, 0.2) is 4.99 Å². The fourth-order valence-electron chi connectivity index (χ4n) is 1.26. The number of aliphatic imine (C=N–C) groups is 1. The van der Waals surface area contributed by atoms with Crippen molar-refractivity contribution in [1.29, 1.82) is 0 Å². The first-order chi connectivity index (χ1) is 8.44. The van der Waals surface area contributed by atoms with Crippen molar-refractivity contribution in [3.8, 4) is 0 Å². The molecule has 0 bridgehead atoms. The van der Waals surface area contributed by atoms with Gasteiger partial charge in [-0.25, -0.2) is 0 Å². The van der Waals surface area contributed by atoms with Gasteiger partial charge in [0.2, 0.25) is 0 Å². The number of rotatable bonds is 8. The van der Waals surface area contributed by atoms with Crippen molar-refractivity contribution in [2.24, 2.45) is 4.99 Å². The zero-order valence-corrected chi connectivity index (χ0v) is 16.4. The maximum atomic E-state index is 4.24. The number of hydrogen-bond donors (Lipinski definition) is 2. The summed E-state index contributed by atoms with van der Waals surface area (Å²) in [5, 5.41) is 6.72. The minimum Gasteiger partial charge on any atom is -0.356 e. The molecule has 0 rings (SSSR count). The Kier molecular flexibility index (Phi) is 13.7. The molecule has 0 saturated heterocycles. The quantitative estimate of drug-likeness (QED) is 0.283. The standard InChI is InChI=1S/C13H30N4S.HI/c1-13(2,17(4)5)11-16-12(14-3)15-9-7-8-10-18-6;/h7-11H2,1-6H3,(H2,14,15,16);1H. The SMILES string of the molecule is CN=C(NCCCCSC)NCC(C)(C)N(C)C.I. The third-order valence-corrected chi connectivity index (χ3v) is 3.89. The Morgan fingerprint density at radius 2 is 1.84 bits per heavy atom. The van der Waals surface area contributed by atoms with Gasteiger partial charge >= 0.3 is 0 Å². The number of hydrogen-bond acceptors (Lipinski definition) is 3. The van der Waals surface area contributed by atoms with Crippen LogP contribution in [0.3, 0.4) is 0 Å². The Balaban J connectivity index is 0. The Morgan fingerprint density at radius 3 is 2.32 bits per heavy atom. The van der Waals surface area contributed by atoms with Gasteiger partial charge in [-0.15, -0.1) is 24.0 Å². The van der Waals surface area contributed by atoms with Gasteiger partial charge in [-0.05, 0) is 52.8 Å². The lowest BCUT2D eigenvalue weighted by Gasteiger charge is -2.33. The third-order valence-electron chi connectivity index (χ3n) is 3.19. The van der Waals surface area contributed by atoms with Crippen LogP contribution in [0.1, 0.15) is 26.7 Å². The third kappa shape index (κ3) is 10.7. The molecule has 0 spiro atoms. The van der Waals surface area contributed by atoms with E-state index in [0.717, 1.165) is 19.0 Å². The molecule has 0 aliphatic heterocycles. The van der Waals surface area contributed by atoms with Crippen LogP contribution in [0.25, 0.3) is 0 Å². The van der Waals surface area contributed by atoms with E-state index in [1.165, 1.54) is 18.6 Å². The second-order valence-corrected chi connectivity index (χ2v) is 6.24. The number of nitrogens with one attached hydrogen (secondary N) is 2. The highest BCUT2D eigenvalue weighted by Crippen LogP contribution is 2.07. The first-order valence-electron chi connectivity index (χ1n) is 6.55. The van der Waals surface area contributed by atoms with Gasteiger partial charge in [0, 0.05) is 25.7 Å². The minimum absolute atomic E-state index is 0. The number of nitrogens with zero attached hydrogens (tertiary/aromatic N) is 2. The molecule has 6 heteroatoms. The Hall–Kier alpha value is 0.310. The fraction of sp³-hybridized carbons (Fsp3) is 0.923. The monoisotopic (exact) mass is 402 g/mol. The molecule has 0 aliphatic rings. The minimum atomic E-state index is 0. The van der Waals surface area contributed by atoms with Gasteiger partial charge in [0.15, 0.2) is 5.96 Å². The lowest BCUT2D eigenvalue weighted by atomic mass is 10.0. The first-order valence-corrected chi connectivity index (χ1v) is 7.94. The molecule has 0 unspecified atom stereocenters. The predicted octanol–water partition coefficient (Wildman–Crippen LogP) is 2.25. The van der Waals surface area contributed by atoms with Crippen molar-refractivity contribution in [1.82, 2.24) is 15.5 Å². The van der Waals surface area contributed by atoms with Gasteiger partial charge < -0.3 is 15.5 Å². The second-order valence-electron chi connectivity index (χ2n) is 5.26. The predicted molar refractivity (Wildman–Crippen MR) is 100 cm³/mol. The summed E-state index contributed by atoms with van der Waals surface area (Å²) in [6.45, 7) is 6.30. The largest absolute Gasteiger partial charge is 0.356 e. The summed E-state index contributed by atoms with van der Waals surface area (Å²) in [6.07, 6.45) is 4.60. The maximum Gasteiger partial charge on any atom is 0.191 e. The van der Waals surface area contributed by atoms with Crippen LogP contribution in [0.5, 0.6) is 0 Å². The zero-order chi connectivity index (χ0) is 14.0. The molecule has 116 valence electrons. The van der Waals surface area contributed by atoms with Crippen molar-refractivity contribution in [3.63, 3.8) is 0 Å². The van der Waals surface area contributed by atoms with E-state index < -0.39 is 0 Å². The Labute approximate surface area is 140 Å². The number of guanidine groups is 1. The smallest absolute Gasteiger partial charge is 0.191 e. The van der Waals surface area contributed by atoms with Gasteiger partial charge in [-0.1, -0.05) is 0 Å². The van der Waals surface area contributed by atoms with E-state index in [4.69, 9.17) is 0 Å². The average Bonchev–Trinajstić information content (AvgIpc) is 2.32. The molecule has 0 heterocycles. The highest BCUT2D eigenvalue weighted by Gasteiger charge is 2.20. The molecule has 0 aromatic carbocycles. The van der Waals surface area contributed by atoms with Gasteiger partial charge in [0.05, 0.1) is 0 Å². The summed E-state index contributed by atoms with van der Waals surface area (Å²) >= 11 is 1.90. The lowest BCUT2D eigenvalue weighted by molar-refractivity contribution is 0.197. The summed E-state index contributed by atoms with van der Waals surface area (Å²) in [7, 11) is 6.01. The number of thioether (sulfide) groups is 1. The van der Waals surface area contributed by atoms with E-state index in [9.17, 15) is 0 Å². The number of halogens is 1. The maximum absolute atomic E-state index is 4.24. The molecule has 19 heavy (non-hydrogen) atoms. The molecule has 0 aromatic rings. The van der Waals surface area contributed by atoms with Gasteiger partial charge in [0.1, 0.15) is 0 Å². The summed E-state index contributed by atoms with van der Waals surface area (Å²) in [4.78, 5) is 6.45. The fourth-order valence-corrected chi connectivity index (χ4v) is 1.75. The molecule has 0 radical (unpaired) electrons. The van der Waals surface area contributed by atoms with Crippen LogP contribution in [-0.2, 0) is 0 Å². The van der Waals surface area contributed by atoms with E-state index >= 15 is 0 Å². The van der Waals surface area contributed by atoms with Gasteiger partial charge in [0.25, 0.3) is 0 Å². The molecule has 0 fully saturated rings. The van der Waals surface area contributed by atoms with Crippen LogP contribution < -0.4 is 10.6 Å². The number of likely N-dealkylation sites (N-methyl/N-ethyl adjacent to an activating group) is 1. The van der Waals surface area contributed by atoms with E-state index in [1.807, 2.05) is 18.8 Å². The van der Waals surface area contributed by atoms with E-state index in [-0.39, 0.29) is 29.5 Å². The zero-order valence-electron chi connectivity index (χ0n) is 13.2. The molecule has 4 nitrogen and oxygen atoms in total. The molecular weight excluding hydrogens is 371 g/mol. The normalized spacial score (nSPS) is 12.3. The highest BCUT2D eigenvalue weighted by molar-refractivity contribution is 14.0. The molecule has 0 aromatic heterocycles. The van der Waals surface area contributed by atoms with Crippen LogP contribution in [-0.4, -0.2) is 62.6 Å². The van der Waals surface area contributed by atoms with Crippen molar-refractivity contribution < 1.29 is 0 Å². The Morgan fingerprint density at radius 1 is 1.21 bits per heavy atom. The van der Waals surface area contributed by atoms with Crippen molar-refractivity contribution in [3.05, 3.63) is 0 Å². The summed E-state index contributed by atoms with van der Waals surface area (Å²) < 4.78 is 0. The Bertz CT molecular complexity index is 245. The highest BCUT2D eigenvalue weighted by atomic mass is 127. The van der Waals surface area contributed by atoms with Crippen LogP contribution >= 0.6 is 35.7 Å². The topological polar surface area (TPSA) is 39.7 Å².